The molecule has 8 aliphatic carbocycles. The molecule has 6 saturated carbocycles. The van der Waals surface area contributed by atoms with Gasteiger partial charge in [0.2, 0.25) is 0 Å². The Kier molecular flexibility index (Phi) is 6.15. The van der Waals surface area contributed by atoms with E-state index in [4.69, 9.17) is 0 Å². The normalized spacial score (nSPS) is 56.7. The van der Waals surface area contributed by atoms with Crippen molar-refractivity contribution in [2.24, 2.45) is 69.0 Å². The van der Waals surface area contributed by atoms with Gasteiger partial charge in [0.1, 0.15) is 6.10 Å². The molecule has 0 bridgehead atoms. The number of allylic oxidation sites excluding steroid dienone is 2. The lowest BCUT2D eigenvalue weighted by Crippen LogP contribution is -2.57. The topological polar surface area (TPSA) is 74.6 Å². The van der Waals surface area contributed by atoms with Crippen LogP contribution in [-0.4, -0.2) is 34.0 Å². The molecule has 0 spiro atoms. The van der Waals surface area contributed by atoms with E-state index in [1.54, 1.807) is 0 Å². The monoisotopic (exact) mass is 574 g/mol. The van der Waals surface area contributed by atoms with Crippen molar-refractivity contribution in [2.75, 3.05) is 0 Å². The van der Waals surface area contributed by atoms with Crippen molar-refractivity contribution in [3.05, 3.63) is 23.3 Å². The number of hydrogen-bond acceptors (Lipinski definition) is 4. The average molecular weight is 575 g/mol. The Labute approximate surface area is 253 Å². The zero-order chi connectivity index (χ0) is 29.4. The number of aliphatic hydroxyl groups excluding tert-OH is 2. The van der Waals surface area contributed by atoms with Crippen molar-refractivity contribution in [1.82, 2.24) is 0 Å². The number of carbonyl (C=O) groups excluding carboxylic acids is 2. The van der Waals surface area contributed by atoms with Crippen LogP contribution in [0.2, 0.25) is 0 Å². The minimum Gasteiger partial charge on any atom is -0.393 e. The SMILES string of the molecule is C[C@]12CC[C@H]3[C@@H](CCC4=CC(=O)CC(C5CC[C@H]6[C@@H]7CCC8=CC(O)C(=O)C[C@]8(C)[C@@H]7CC[C@]56C)[C@@]43C)[C@@H]1CC[C@@H]2O. The van der Waals surface area contributed by atoms with Crippen LogP contribution in [0.1, 0.15) is 118 Å². The van der Waals surface area contributed by atoms with E-state index in [1.165, 1.54) is 62.5 Å². The second-order valence-corrected chi connectivity index (χ2v) is 17.6. The van der Waals surface area contributed by atoms with Crippen molar-refractivity contribution in [3.63, 3.8) is 0 Å². The van der Waals surface area contributed by atoms with Gasteiger partial charge in [-0.1, -0.05) is 38.8 Å². The largest absolute Gasteiger partial charge is 0.393 e. The molecule has 0 aromatic carbocycles. The fourth-order valence-electron chi connectivity index (χ4n) is 14.5. The Balaban J connectivity index is 1.12. The third kappa shape index (κ3) is 3.49. The van der Waals surface area contributed by atoms with E-state index in [1.807, 2.05) is 6.08 Å². The van der Waals surface area contributed by atoms with Gasteiger partial charge < -0.3 is 10.2 Å². The Bertz CT molecular complexity index is 1260. The Morgan fingerprint density at radius 3 is 2.07 bits per heavy atom. The van der Waals surface area contributed by atoms with Crippen LogP contribution in [0.4, 0.5) is 0 Å². The summed E-state index contributed by atoms with van der Waals surface area (Å²) in [6, 6.07) is 0. The Hall–Kier alpha value is -1.26. The molecule has 42 heavy (non-hydrogen) atoms. The first-order chi connectivity index (χ1) is 19.9. The highest BCUT2D eigenvalue weighted by atomic mass is 16.3. The summed E-state index contributed by atoms with van der Waals surface area (Å²) in [5.41, 5.74) is 3.19. The molecule has 3 unspecified atom stereocenters. The van der Waals surface area contributed by atoms with E-state index >= 15 is 0 Å². The molecule has 0 saturated heterocycles. The highest BCUT2D eigenvalue weighted by molar-refractivity contribution is 5.92. The molecule has 8 aliphatic rings. The first-order valence-corrected chi connectivity index (χ1v) is 17.7. The summed E-state index contributed by atoms with van der Waals surface area (Å²) in [5.74, 6) is 5.22. The summed E-state index contributed by atoms with van der Waals surface area (Å²) in [5, 5.41) is 21.3. The van der Waals surface area contributed by atoms with Gasteiger partial charge in [-0.05, 0) is 158 Å². The molecule has 2 N–H and O–H groups in total. The zero-order valence-electron chi connectivity index (χ0n) is 26.5. The van der Waals surface area contributed by atoms with Gasteiger partial charge in [0, 0.05) is 12.8 Å². The van der Waals surface area contributed by atoms with Crippen LogP contribution in [0.3, 0.4) is 0 Å². The number of aliphatic hydroxyl groups is 2. The van der Waals surface area contributed by atoms with Crippen LogP contribution >= 0.6 is 0 Å². The van der Waals surface area contributed by atoms with Gasteiger partial charge in [0.25, 0.3) is 0 Å². The predicted octanol–water partition coefficient (Wildman–Crippen LogP) is 7.22. The van der Waals surface area contributed by atoms with E-state index in [0.717, 1.165) is 32.1 Å². The highest BCUT2D eigenvalue weighted by Gasteiger charge is 2.66. The molecule has 8 rings (SSSR count). The lowest BCUT2D eigenvalue weighted by molar-refractivity contribution is -0.136. The lowest BCUT2D eigenvalue weighted by Gasteiger charge is -2.63. The van der Waals surface area contributed by atoms with Crippen molar-refractivity contribution >= 4 is 11.6 Å². The van der Waals surface area contributed by atoms with E-state index in [9.17, 15) is 19.8 Å². The fourth-order valence-corrected chi connectivity index (χ4v) is 14.5. The standard InChI is InChI=1S/C38H54O4/c1-35-15-13-28-24(7-5-21-18-32(40)33(41)20-37(21,28)3)26(35)9-10-30(35)31-19-23(39)17-22-6-8-25-27-11-12-34(42)36(27,2)16-14-29(25)38(22,31)4/h17-18,24-32,34,40,42H,5-16,19-20H2,1-4H3/t24-,25-,26-,27-,28+,29-,30?,31?,32?,34-,35-,36-,37-,38-/m0/s1. The number of fused-ring (bicyclic) bond motifs is 10. The molecule has 0 aliphatic heterocycles. The van der Waals surface area contributed by atoms with Crippen LogP contribution < -0.4 is 0 Å². The number of hydrogen-bond donors (Lipinski definition) is 2. The highest BCUT2D eigenvalue weighted by Crippen LogP contribution is 2.72. The third-order valence-corrected chi connectivity index (χ3v) is 16.6. The lowest BCUT2D eigenvalue weighted by atomic mass is 9.41. The summed E-state index contributed by atoms with van der Waals surface area (Å²) in [4.78, 5) is 26.2. The number of Topliss-reactive ketones (excluding diaryl/α,β-unsaturated/α-hetero) is 1. The van der Waals surface area contributed by atoms with Crippen LogP contribution in [0.5, 0.6) is 0 Å². The van der Waals surface area contributed by atoms with Crippen LogP contribution in [-0.2, 0) is 9.59 Å². The van der Waals surface area contributed by atoms with E-state index in [0.29, 0.717) is 59.5 Å². The summed E-state index contributed by atoms with van der Waals surface area (Å²) in [7, 11) is 0. The minimum atomic E-state index is -0.898. The number of rotatable bonds is 1. The molecule has 0 heterocycles. The van der Waals surface area contributed by atoms with Crippen LogP contribution in [0.15, 0.2) is 23.3 Å². The summed E-state index contributed by atoms with van der Waals surface area (Å²) >= 11 is 0. The molecule has 0 aromatic heterocycles. The smallest absolute Gasteiger partial charge is 0.166 e. The number of carbonyl (C=O) groups is 2. The van der Waals surface area contributed by atoms with Crippen LogP contribution in [0.25, 0.3) is 0 Å². The van der Waals surface area contributed by atoms with Gasteiger partial charge in [0.05, 0.1) is 6.10 Å². The average Bonchev–Trinajstić information content (AvgIpc) is 3.45. The Morgan fingerprint density at radius 1 is 0.667 bits per heavy atom. The van der Waals surface area contributed by atoms with Gasteiger partial charge in [-0.15, -0.1) is 0 Å². The molecule has 0 amide bonds. The Morgan fingerprint density at radius 2 is 1.29 bits per heavy atom. The molecule has 6 fully saturated rings. The van der Waals surface area contributed by atoms with Gasteiger partial charge in [0.15, 0.2) is 11.6 Å². The summed E-state index contributed by atoms with van der Waals surface area (Å²) < 4.78 is 0. The molecule has 0 radical (unpaired) electrons. The second kappa shape index (κ2) is 9.15. The van der Waals surface area contributed by atoms with Gasteiger partial charge in [-0.3, -0.25) is 9.59 Å². The number of ketones is 2. The summed E-state index contributed by atoms with van der Waals surface area (Å²) in [6.45, 7) is 9.94. The third-order valence-electron chi connectivity index (χ3n) is 16.6. The minimum absolute atomic E-state index is 0.0118. The molecule has 4 nitrogen and oxygen atoms in total. The van der Waals surface area contributed by atoms with Gasteiger partial charge >= 0.3 is 0 Å². The van der Waals surface area contributed by atoms with Crippen molar-refractivity contribution in [3.8, 4) is 0 Å². The van der Waals surface area contributed by atoms with E-state index < -0.39 is 6.10 Å². The zero-order valence-corrected chi connectivity index (χ0v) is 26.5. The van der Waals surface area contributed by atoms with E-state index in [2.05, 4.69) is 33.8 Å². The predicted molar refractivity (Wildman–Crippen MR) is 163 cm³/mol. The van der Waals surface area contributed by atoms with Crippen LogP contribution in [0, 0.1) is 69.0 Å². The molecule has 0 aromatic rings. The quantitative estimate of drug-likeness (QED) is 0.324. The molecule has 230 valence electrons. The van der Waals surface area contributed by atoms with E-state index in [-0.39, 0.29) is 33.5 Å². The van der Waals surface area contributed by atoms with Crippen molar-refractivity contribution < 1.29 is 19.8 Å². The van der Waals surface area contributed by atoms with Crippen molar-refractivity contribution in [1.29, 1.82) is 0 Å². The van der Waals surface area contributed by atoms with Gasteiger partial charge in [-0.25, -0.2) is 0 Å². The summed E-state index contributed by atoms with van der Waals surface area (Å²) in [6.07, 6.45) is 18.1. The fraction of sp³-hybridized carbons (Fsp3) is 0.842. The maximum absolute atomic E-state index is 13.4. The first kappa shape index (κ1) is 28.2. The first-order valence-electron chi connectivity index (χ1n) is 17.7. The molecular formula is C38H54O4. The maximum atomic E-state index is 13.4. The maximum Gasteiger partial charge on any atom is 0.166 e. The van der Waals surface area contributed by atoms with Crippen molar-refractivity contribution in [2.45, 2.75) is 130 Å². The molecule has 14 atom stereocenters. The second-order valence-electron chi connectivity index (χ2n) is 17.6. The van der Waals surface area contributed by atoms with Gasteiger partial charge in [-0.2, -0.15) is 0 Å². The molecule has 4 heteroatoms. The molecular weight excluding hydrogens is 520 g/mol.